The highest BCUT2D eigenvalue weighted by molar-refractivity contribution is 6.07. The smallest absolute Gasteiger partial charge is 0.264 e. The lowest BCUT2D eigenvalue weighted by Crippen LogP contribution is -2.21. The average Bonchev–Trinajstić information content (AvgIpc) is 2.79. The van der Waals surface area contributed by atoms with Crippen molar-refractivity contribution in [3.63, 3.8) is 0 Å². The van der Waals surface area contributed by atoms with Gasteiger partial charge in [-0.1, -0.05) is 18.2 Å². The molecular weight excluding hydrogens is 226 g/mol. The highest BCUT2D eigenvalue weighted by atomic mass is 16.2. The van der Waals surface area contributed by atoms with Gasteiger partial charge in [0.25, 0.3) is 0 Å². The third-order valence-corrected chi connectivity index (χ3v) is 3.19. The summed E-state index contributed by atoms with van der Waals surface area (Å²) in [6, 6.07) is 9.33. The molecule has 2 heterocycles. The number of hydrogen-bond donors (Lipinski definition) is 0. The normalized spacial score (nSPS) is 13.4. The van der Waals surface area contributed by atoms with Crippen LogP contribution in [0.1, 0.15) is 0 Å². The summed E-state index contributed by atoms with van der Waals surface area (Å²) < 4.78 is 0. The van der Waals surface area contributed by atoms with E-state index in [1.54, 1.807) is 6.20 Å². The van der Waals surface area contributed by atoms with Gasteiger partial charge in [-0.05, 0) is 22.9 Å². The van der Waals surface area contributed by atoms with Crippen molar-refractivity contribution >= 4 is 27.6 Å². The third kappa shape index (κ3) is 1.14. The molecule has 4 rings (SSSR count). The van der Waals surface area contributed by atoms with Crippen LogP contribution in [0.4, 0.5) is 4.79 Å². The molecule has 2 aromatic carbocycles. The Balaban J connectivity index is 2.33. The summed E-state index contributed by atoms with van der Waals surface area (Å²) in [6.07, 6.45) is 3.60. The molecule has 0 aliphatic carbocycles. The van der Waals surface area contributed by atoms with Gasteiger partial charge in [-0.25, -0.2) is 4.79 Å². The molecule has 1 aliphatic rings. The molecule has 0 N–H and O–H groups in total. The van der Waals surface area contributed by atoms with Gasteiger partial charge in [0, 0.05) is 23.2 Å². The largest absolute Gasteiger partial charge is 0.368 e. The van der Waals surface area contributed by atoms with E-state index in [1.165, 1.54) is 0 Å². The van der Waals surface area contributed by atoms with Gasteiger partial charge in [0.05, 0.1) is 5.36 Å². The number of urea groups is 1. The Morgan fingerprint density at radius 1 is 0.833 bits per heavy atom. The molecule has 0 fully saturated rings. The zero-order valence-corrected chi connectivity index (χ0v) is 9.29. The first-order chi connectivity index (χ1) is 8.83. The lowest BCUT2D eigenvalue weighted by molar-refractivity contribution is 0.257. The number of hydrogen-bond acceptors (Lipinski definition) is 2. The summed E-state index contributed by atoms with van der Waals surface area (Å²) in [4.78, 5) is 23.2. The molecule has 0 unspecified atom stereocenters. The quantitative estimate of drug-likeness (QED) is 0.555. The predicted octanol–water partition coefficient (Wildman–Crippen LogP) is 1.76. The average molecular weight is 233 g/mol. The van der Waals surface area contributed by atoms with Crippen molar-refractivity contribution in [1.82, 2.24) is 4.98 Å². The van der Waals surface area contributed by atoms with Crippen molar-refractivity contribution in [1.29, 1.82) is 0 Å². The van der Waals surface area contributed by atoms with E-state index in [0.717, 1.165) is 21.5 Å². The van der Waals surface area contributed by atoms with E-state index >= 15 is 0 Å². The van der Waals surface area contributed by atoms with E-state index in [-0.39, 0.29) is 0 Å². The number of carbonyl (C=O) groups excluding carboxylic acids is 1. The van der Waals surface area contributed by atoms with E-state index < -0.39 is 6.03 Å². The monoisotopic (exact) mass is 233 g/mol. The van der Waals surface area contributed by atoms with Gasteiger partial charge in [0.1, 0.15) is 5.36 Å². The van der Waals surface area contributed by atoms with Crippen molar-refractivity contribution < 1.29 is 4.79 Å². The van der Waals surface area contributed by atoms with E-state index in [1.807, 2.05) is 36.5 Å². The van der Waals surface area contributed by atoms with Crippen molar-refractivity contribution in [2.75, 3.05) is 0 Å². The maximum atomic E-state index is 11.3. The lowest BCUT2D eigenvalue weighted by atomic mass is 10.0. The highest BCUT2D eigenvalue weighted by Gasteiger charge is 2.09. The van der Waals surface area contributed by atoms with Crippen LogP contribution in [-0.4, -0.2) is 11.0 Å². The molecular formula is C14H7N3O. The third-order valence-electron chi connectivity index (χ3n) is 3.19. The van der Waals surface area contributed by atoms with Gasteiger partial charge in [-0.15, -0.1) is 0 Å². The van der Waals surface area contributed by atoms with Crippen molar-refractivity contribution in [2.24, 2.45) is 9.98 Å². The molecule has 0 spiro atoms. The van der Waals surface area contributed by atoms with Gasteiger partial charge in [0.15, 0.2) is 0 Å². The van der Waals surface area contributed by atoms with Crippen LogP contribution in [0.2, 0.25) is 0 Å². The SMILES string of the molecule is O=C1N=c2ccc3c(ccc4ccncc43)c2=N1. The number of rotatable bonds is 0. The topological polar surface area (TPSA) is 54.7 Å². The summed E-state index contributed by atoms with van der Waals surface area (Å²) in [6.45, 7) is 0. The Hall–Kier alpha value is -2.62. The Morgan fingerprint density at radius 2 is 1.72 bits per heavy atom. The fraction of sp³-hybridized carbons (Fsp3) is 0. The molecule has 0 radical (unpaired) electrons. The molecule has 2 amide bonds. The second-order valence-corrected chi connectivity index (χ2v) is 4.20. The molecule has 0 atom stereocenters. The van der Waals surface area contributed by atoms with Crippen molar-refractivity contribution in [2.45, 2.75) is 0 Å². The zero-order chi connectivity index (χ0) is 12.1. The fourth-order valence-corrected chi connectivity index (χ4v) is 2.38. The Kier molecular flexibility index (Phi) is 1.67. The number of pyridine rings is 1. The second kappa shape index (κ2) is 3.20. The first-order valence-corrected chi connectivity index (χ1v) is 5.60. The summed E-state index contributed by atoms with van der Waals surface area (Å²) in [5.74, 6) is 0. The number of amides is 2. The molecule has 0 saturated heterocycles. The number of benzene rings is 2. The van der Waals surface area contributed by atoms with Gasteiger partial charge in [0.2, 0.25) is 0 Å². The minimum absolute atomic E-state index is 0.427. The zero-order valence-electron chi connectivity index (χ0n) is 9.29. The maximum absolute atomic E-state index is 11.3. The highest BCUT2D eigenvalue weighted by Crippen LogP contribution is 2.21. The number of aromatic nitrogens is 1. The molecule has 4 nitrogen and oxygen atoms in total. The maximum Gasteiger partial charge on any atom is 0.368 e. The van der Waals surface area contributed by atoms with Gasteiger partial charge < -0.3 is 0 Å². The Bertz CT molecular complexity index is 944. The van der Waals surface area contributed by atoms with Crippen LogP contribution in [0, 0.1) is 0 Å². The number of fused-ring (bicyclic) bond motifs is 5. The van der Waals surface area contributed by atoms with Crippen LogP contribution in [0.5, 0.6) is 0 Å². The summed E-state index contributed by atoms with van der Waals surface area (Å²) in [5, 5.41) is 5.50. The molecule has 18 heavy (non-hydrogen) atoms. The van der Waals surface area contributed by atoms with Gasteiger partial charge in [-0.3, -0.25) is 4.98 Å². The van der Waals surface area contributed by atoms with Gasteiger partial charge >= 0.3 is 6.03 Å². The summed E-state index contributed by atoms with van der Waals surface area (Å²) in [7, 11) is 0. The summed E-state index contributed by atoms with van der Waals surface area (Å²) in [5.41, 5.74) is 0. The first kappa shape index (κ1) is 9.41. The van der Waals surface area contributed by atoms with Crippen LogP contribution in [-0.2, 0) is 0 Å². The number of carbonyl (C=O) groups is 1. The van der Waals surface area contributed by atoms with E-state index in [2.05, 4.69) is 15.0 Å². The molecule has 1 aliphatic heterocycles. The van der Waals surface area contributed by atoms with E-state index in [0.29, 0.717) is 10.7 Å². The van der Waals surface area contributed by atoms with Gasteiger partial charge in [-0.2, -0.15) is 9.98 Å². The summed E-state index contributed by atoms with van der Waals surface area (Å²) >= 11 is 0. The molecule has 1 aromatic heterocycles. The minimum atomic E-state index is -0.427. The van der Waals surface area contributed by atoms with Crippen LogP contribution < -0.4 is 10.7 Å². The molecule has 4 heteroatoms. The molecule has 3 aromatic rings. The van der Waals surface area contributed by atoms with Crippen molar-refractivity contribution in [3.8, 4) is 0 Å². The van der Waals surface area contributed by atoms with E-state index in [4.69, 9.17) is 0 Å². The predicted molar refractivity (Wildman–Crippen MR) is 67.0 cm³/mol. The van der Waals surface area contributed by atoms with Crippen LogP contribution >= 0.6 is 0 Å². The fourth-order valence-electron chi connectivity index (χ4n) is 2.38. The standard InChI is InChI=1S/C14H7N3O/c18-14-16-12-4-3-9-10(13(12)17-14)2-1-8-5-6-15-7-11(8)9/h1-7H. The Morgan fingerprint density at radius 3 is 2.67 bits per heavy atom. The first-order valence-electron chi connectivity index (χ1n) is 5.60. The van der Waals surface area contributed by atoms with Crippen LogP contribution in [0.3, 0.4) is 0 Å². The number of nitrogens with zero attached hydrogens (tertiary/aromatic N) is 3. The van der Waals surface area contributed by atoms with Crippen LogP contribution in [0.15, 0.2) is 52.7 Å². The van der Waals surface area contributed by atoms with E-state index in [9.17, 15) is 4.79 Å². The van der Waals surface area contributed by atoms with Crippen LogP contribution in [0.25, 0.3) is 21.5 Å². The minimum Gasteiger partial charge on any atom is -0.264 e. The van der Waals surface area contributed by atoms with Crippen molar-refractivity contribution in [3.05, 3.63) is 53.4 Å². The molecule has 0 saturated carbocycles. The lowest BCUT2D eigenvalue weighted by Gasteiger charge is -2.02. The Labute approximate surface area is 101 Å². The second-order valence-electron chi connectivity index (χ2n) is 4.20. The molecule has 84 valence electrons. The molecule has 0 bridgehead atoms.